The van der Waals surface area contributed by atoms with Crippen molar-refractivity contribution in [3.8, 4) is 5.69 Å². The van der Waals surface area contributed by atoms with E-state index in [1.54, 1.807) is 30.3 Å². The lowest BCUT2D eigenvalue weighted by molar-refractivity contribution is -0.127. The molecule has 0 radical (unpaired) electrons. The minimum Gasteiger partial charge on any atom is -0.325 e. The molecule has 2 heterocycles. The molecule has 4 rings (SSSR count). The van der Waals surface area contributed by atoms with Gasteiger partial charge >= 0.3 is 6.03 Å². The SMILES string of the molecule is Cc1cccc(NC(=O)CN2C(=O)N/C(=C/c3cc(C)n(-c4ccc(Cl)cc4Cl)c3C)C2=O)c1. The molecule has 2 aromatic carbocycles. The van der Waals surface area contributed by atoms with Crippen LogP contribution in [-0.4, -0.2) is 33.9 Å². The first kappa shape index (κ1) is 23.6. The summed E-state index contributed by atoms with van der Waals surface area (Å²) in [4.78, 5) is 38.6. The first-order valence-electron chi connectivity index (χ1n) is 10.5. The molecule has 0 saturated carbocycles. The van der Waals surface area contributed by atoms with E-state index in [-0.39, 0.29) is 5.70 Å². The Morgan fingerprint density at radius 3 is 2.53 bits per heavy atom. The summed E-state index contributed by atoms with van der Waals surface area (Å²) in [7, 11) is 0. The molecule has 34 heavy (non-hydrogen) atoms. The Bertz CT molecular complexity index is 1360. The van der Waals surface area contributed by atoms with Gasteiger partial charge in [-0.15, -0.1) is 0 Å². The number of rotatable bonds is 5. The van der Waals surface area contributed by atoms with Gasteiger partial charge in [0.15, 0.2) is 0 Å². The summed E-state index contributed by atoms with van der Waals surface area (Å²) in [6, 6.07) is 13.7. The Morgan fingerprint density at radius 1 is 1.06 bits per heavy atom. The van der Waals surface area contributed by atoms with Gasteiger partial charge in [0.05, 0.1) is 10.7 Å². The van der Waals surface area contributed by atoms with E-state index >= 15 is 0 Å². The fourth-order valence-electron chi connectivity index (χ4n) is 3.90. The number of anilines is 1. The Labute approximate surface area is 207 Å². The topological polar surface area (TPSA) is 83.4 Å². The summed E-state index contributed by atoms with van der Waals surface area (Å²) in [6.07, 6.45) is 1.60. The van der Waals surface area contributed by atoms with Crippen LogP contribution < -0.4 is 10.6 Å². The lowest BCUT2D eigenvalue weighted by atomic mass is 10.2. The molecule has 1 aromatic heterocycles. The fourth-order valence-corrected chi connectivity index (χ4v) is 4.40. The third kappa shape index (κ3) is 4.71. The predicted molar refractivity (Wildman–Crippen MR) is 133 cm³/mol. The molecular formula is C25H22Cl2N4O3. The lowest BCUT2D eigenvalue weighted by Gasteiger charge is -2.12. The Balaban J connectivity index is 1.55. The summed E-state index contributed by atoms with van der Waals surface area (Å²) in [6.45, 7) is 5.31. The van der Waals surface area contributed by atoms with E-state index in [1.807, 2.05) is 49.6 Å². The van der Waals surface area contributed by atoms with E-state index < -0.39 is 24.4 Å². The minimum atomic E-state index is -0.648. The molecule has 9 heteroatoms. The van der Waals surface area contributed by atoms with E-state index in [1.165, 1.54) is 0 Å². The van der Waals surface area contributed by atoms with Gasteiger partial charge in [-0.2, -0.15) is 0 Å². The monoisotopic (exact) mass is 496 g/mol. The minimum absolute atomic E-state index is 0.0933. The quantitative estimate of drug-likeness (QED) is 0.374. The van der Waals surface area contributed by atoms with Crippen molar-refractivity contribution in [1.82, 2.24) is 14.8 Å². The first-order valence-corrected chi connectivity index (χ1v) is 11.2. The molecule has 2 N–H and O–H groups in total. The molecule has 0 atom stereocenters. The van der Waals surface area contributed by atoms with Crippen LogP contribution in [-0.2, 0) is 9.59 Å². The summed E-state index contributed by atoms with van der Waals surface area (Å²) < 4.78 is 1.94. The van der Waals surface area contributed by atoms with E-state index in [2.05, 4.69) is 10.6 Å². The number of hydrogen-bond acceptors (Lipinski definition) is 3. The van der Waals surface area contributed by atoms with Crippen molar-refractivity contribution in [3.63, 3.8) is 0 Å². The normalized spacial score (nSPS) is 14.6. The van der Waals surface area contributed by atoms with Gasteiger partial charge in [0.2, 0.25) is 5.91 Å². The number of carbonyl (C=O) groups excluding carboxylic acids is 3. The summed E-state index contributed by atoms with van der Waals surface area (Å²) in [5, 5.41) is 6.29. The Morgan fingerprint density at radius 2 is 1.82 bits per heavy atom. The second-order valence-corrected chi connectivity index (χ2v) is 8.90. The van der Waals surface area contributed by atoms with Gasteiger partial charge in [0.25, 0.3) is 5.91 Å². The number of carbonyl (C=O) groups is 3. The molecule has 0 bridgehead atoms. The van der Waals surface area contributed by atoms with Gasteiger partial charge in [-0.3, -0.25) is 9.59 Å². The van der Waals surface area contributed by atoms with Crippen LogP contribution in [0.25, 0.3) is 11.8 Å². The van der Waals surface area contributed by atoms with Crippen molar-refractivity contribution in [3.05, 3.63) is 86.8 Å². The van der Waals surface area contributed by atoms with Crippen LogP contribution in [0.15, 0.2) is 54.2 Å². The van der Waals surface area contributed by atoms with Gasteiger partial charge in [0, 0.05) is 22.1 Å². The van der Waals surface area contributed by atoms with Crippen LogP contribution in [0.1, 0.15) is 22.5 Å². The molecule has 7 nitrogen and oxygen atoms in total. The molecule has 3 aromatic rings. The van der Waals surface area contributed by atoms with Crippen molar-refractivity contribution in [1.29, 1.82) is 0 Å². The van der Waals surface area contributed by atoms with Gasteiger partial charge in [-0.25, -0.2) is 9.69 Å². The number of urea groups is 1. The number of amides is 4. The number of aromatic nitrogens is 1. The molecule has 1 aliphatic rings. The molecular weight excluding hydrogens is 475 g/mol. The van der Waals surface area contributed by atoms with Gasteiger partial charge < -0.3 is 15.2 Å². The highest BCUT2D eigenvalue weighted by Crippen LogP contribution is 2.30. The Kier molecular flexibility index (Phi) is 6.50. The molecule has 1 saturated heterocycles. The van der Waals surface area contributed by atoms with Crippen LogP contribution in [0.3, 0.4) is 0 Å². The molecule has 1 aliphatic heterocycles. The summed E-state index contributed by atoms with van der Waals surface area (Å²) in [5.41, 5.74) is 4.87. The molecule has 0 unspecified atom stereocenters. The number of imide groups is 1. The van der Waals surface area contributed by atoms with Crippen LogP contribution >= 0.6 is 23.2 Å². The van der Waals surface area contributed by atoms with E-state index in [0.717, 1.165) is 33.1 Å². The number of benzene rings is 2. The summed E-state index contributed by atoms with van der Waals surface area (Å²) in [5.74, 6) is -1.04. The van der Waals surface area contributed by atoms with Crippen LogP contribution in [0, 0.1) is 20.8 Å². The van der Waals surface area contributed by atoms with Crippen LogP contribution in [0.5, 0.6) is 0 Å². The van der Waals surface area contributed by atoms with Crippen molar-refractivity contribution in [2.45, 2.75) is 20.8 Å². The van der Waals surface area contributed by atoms with Gasteiger partial charge in [-0.05, 0) is 74.4 Å². The standard InChI is InChI=1S/C25H22Cl2N4O3/c1-14-5-4-6-19(9-14)28-23(32)13-30-24(33)21(29-25(30)34)11-17-10-15(2)31(16(17)3)22-8-7-18(26)12-20(22)27/h4-12H,13H2,1-3H3,(H,28,32)(H,29,34)/b21-11+. The zero-order chi connectivity index (χ0) is 24.6. The smallest absolute Gasteiger partial charge is 0.325 e. The number of nitrogens with zero attached hydrogens (tertiary/aromatic N) is 2. The van der Waals surface area contributed by atoms with Crippen molar-refractivity contribution in [2.24, 2.45) is 0 Å². The van der Waals surface area contributed by atoms with Crippen LogP contribution in [0.2, 0.25) is 10.0 Å². The zero-order valence-electron chi connectivity index (χ0n) is 18.8. The third-order valence-corrected chi connectivity index (χ3v) is 6.02. The van der Waals surface area contributed by atoms with Gasteiger partial charge in [-0.1, -0.05) is 35.3 Å². The molecule has 174 valence electrons. The van der Waals surface area contributed by atoms with Gasteiger partial charge in [0.1, 0.15) is 12.2 Å². The summed E-state index contributed by atoms with van der Waals surface area (Å²) >= 11 is 12.4. The van der Waals surface area contributed by atoms with Crippen molar-refractivity contribution >= 4 is 52.8 Å². The maximum absolute atomic E-state index is 12.9. The number of halogens is 2. The number of hydrogen-bond donors (Lipinski definition) is 2. The fraction of sp³-hybridized carbons (Fsp3) is 0.160. The average Bonchev–Trinajstić information content (AvgIpc) is 3.18. The number of aryl methyl sites for hydroxylation is 2. The highest BCUT2D eigenvalue weighted by molar-refractivity contribution is 6.35. The van der Waals surface area contributed by atoms with E-state index in [0.29, 0.717) is 15.7 Å². The maximum Gasteiger partial charge on any atom is 0.329 e. The number of nitrogens with one attached hydrogen (secondary N) is 2. The Hall–Kier alpha value is -3.55. The first-order chi connectivity index (χ1) is 16.1. The molecule has 4 amide bonds. The van der Waals surface area contributed by atoms with E-state index in [9.17, 15) is 14.4 Å². The molecule has 0 aliphatic carbocycles. The molecule has 0 spiro atoms. The van der Waals surface area contributed by atoms with E-state index in [4.69, 9.17) is 23.2 Å². The molecule has 1 fully saturated rings. The third-order valence-electron chi connectivity index (χ3n) is 5.49. The predicted octanol–water partition coefficient (Wildman–Crippen LogP) is 5.24. The highest BCUT2D eigenvalue weighted by Gasteiger charge is 2.35. The lowest BCUT2D eigenvalue weighted by Crippen LogP contribution is -2.38. The highest BCUT2D eigenvalue weighted by atomic mass is 35.5. The second kappa shape index (κ2) is 9.37. The largest absolute Gasteiger partial charge is 0.329 e. The average molecular weight is 497 g/mol. The second-order valence-electron chi connectivity index (χ2n) is 8.05. The van der Waals surface area contributed by atoms with Crippen molar-refractivity contribution in [2.75, 3.05) is 11.9 Å². The van der Waals surface area contributed by atoms with Crippen LogP contribution in [0.4, 0.5) is 10.5 Å². The maximum atomic E-state index is 12.9. The zero-order valence-corrected chi connectivity index (χ0v) is 20.3. The van der Waals surface area contributed by atoms with Crippen molar-refractivity contribution < 1.29 is 14.4 Å².